The van der Waals surface area contributed by atoms with E-state index in [9.17, 15) is 10.0 Å². The van der Waals surface area contributed by atoms with Crippen LogP contribution in [0.15, 0.2) is 97.1 Å². The SMILES string of the molecule is OB(O)c1ccc2c(c1)c1c3cc4c(cc3ccc1n2-c1ccccc1)sc1ccccc14. The maximum Gasteiger partial charge on any atom is 0.488 e. The first-order chi connectivity index (χ1) is 16.2. The van der Waals surface area contributed by atoms with Crippen LogP contribution in [0.5, 0.6) is 0 Å². The van der Waals surface area contributed by atoms with Gasteiger partial charge >= 0.3 is 7.12 Å². The first-order valence-corrected chi connectivity index (χ1v) is 11.7. The monoisotopic (exact) mass is 443 g/mol. The summed E-state index contributed by atoms with van der Waals surface area (Å²) in [5.74, 6) is 0. The summed E-state index contributed by atoms with van der Waals surface area (Å²) in [5.41, 5.74) is 3.72. The van der Waals surface area contributed by atoms with Crippen molar-refractivity contribution >= 4 is 76.7 Å². The maximum atomic E-state index is 9.87. The number of aromatic nitrogens is 1. The number of thiophene rings is 1. The van der Waals surface area contributed by atoms with Crippen molar-refractivity contribution in [1.82, 2.24) is 4.57 Å². The van der Waals surface area contributed by atoms with Crippen molar-refractivity contribution in [3.8, 4) is 5.69 Å². The molecule has 0 radical (unpaired) electrons. The Balaban J connectivity index is 1.70. The quantitative estimate of drug-likeness (QED) is 0.323. The highest BCUT2D eigenvalue weighted by atomic mass is 32.1. The van der Waals surface area contributed by atoms with Gasteiger partial charge in [-0.05, 0) is 58.7 Å². The summed E-state index contributed by atoms with van der Waals surface area (Å²) in [5, 5.41) is 26.8. The minimum Gasteiger partial charge on any atom is -0.423 e. The highest BCUT2D eigenvalue weighted by Gasteiger charge is 2.19. The third-order valence-electron chi connectivity index (χ3n) is 6.58. The Hall–Kier alpha value is -3.64. The molecule has 156 valence electrons. The Morgan fingerprint density at radius 3 is 2.24 bits per heavy atom. The zero-order valence-electron chi connectivity index (χ0n) is 17.6. The van der Waals surface area contributed by atoms with Gasteiger partial charge in [-0.25, -0.2) is 0 Å². The summed E-state index contributed by atoms with van der Waals surface area (Å²) in [6.07, 6.45) is 0. The summed E-state index contributed by atoms with van der Waals surface area (Å²) in [6.45, 7) is 0. The molecule has 0 amide bonds. The van der Waals surface area contributed by atoms with Crippen molar-refractivity contribution in [1.29, 1.82) is 0 Å². The van der Waals surface area contributed by atoms with Gasteiger partial charge in [-0.3, -0.25) is 0 Å². The van der Waals surface area contributed by atoms with E-state index < -0.39 is 7.12 Å². The van der Waals surface area contributed by atoms with E-state index in [1.165, 1.54) is 30.9 Å². The molecule has 2 aromatic heterocycles. The molecule has 33 heavy (non-hydrogen) atoms. The van der Waals surface area contributed by atoms with E-state index in [2.05, 4.69) is 65.2 Å². The van der Waals surface area contributed by atoms with E-state index in [1.807, 2.05) is 41.7 Å². The van der Waals surface area contributed by atoms with Gasteiger partial charge in [-0.15, -0.1) is 11.3 Å². The highest BCUT2D eigenvalue weighted by molar-refractivity contribution is 7.25. The van der Waals surface area contributed by atoms with E-state index in [4.69, 9.17) is 0 Å². The smallest absolute Gasteiger partial charge is 0.423 e. The van der Waals surface area contributed by atoms with Gasteiger partial charge in [0.1, 0.15) is 0 Å². The van der Waals surface area contributed by atoms with Crippen LogP contribution in [0.25, 0.3) is 58.4 Å². The Morgan fingerprint density at radius 1 is 0.606 bits per heavy atom. The van der Waals surface area contributed by atoms with Crippen molar-refractivity contribution in [2.45, 2.75) is 0 Å². The highest BCUT2D eigenvalue weighted by Crippen LogP contribution is 2.41. The fourth-order valence-corrected chi connectivity index (χ4v) is 6.23. The van der Waals surface area contributed by atoms with Crippen LogP contribution < -0.4 is 5.46 Å². The zero-order chi connectivity index (χ0) is 22.1. The number of hydrogen-bond acceptors (Lipinski definition) is 3. The first kappa shape index (κ1) is 18.9. The molecule has 0 bridgehead atoms. The van der Waals surface area contributed by atoms with Crippen LogP contribution in [0.1, 0.15) is 0 Å². The van der Waals surface area contributed by atoms with Crippen molar-refractivity contribution in [3.63, 3.8) is 0 Å². The maximum absolute atomic E-state index is 9.87. The molecule has 2 N–H and O–H groups in total. The number of fused-ring (bicyclic) bond motifs is 8. The zero-order valence-corrected chi connectivity index (χ0v) is 18.4. The largest absolute Gasteiger partial charge is 0.488 e. The molecule has 5 heteroatoms. The molecule has 7 rings (SSSR count). The molecular formula is C28H18BNO2S. The van der Waals surface area contributed by atoms with Crippen LogP contribution in [-0.2, 0) is 0 Å². The van der Waals surface area contributed by atoms with Gasteiger partial charge in [0.2, 0.25) is 0 Å². The standard InChI is InChI=1S/C28H18BNO2S/c31-29(32)18-11-13-24-23(15-18)28-21-16-22-20-8-4-5-9-26(20)33-27(22)14-17(21)10-12-25(28)30(24)19-6-2-1-3-7-19/h1-16,31-32H. The third kappa shape index (κ3) is 2.71. The Kier molecular flexibility index (Phi) is 3.97. The summed E-state index contributed by atoms with van der Waals surface area (Å²) >= 11 is 1.82. The van der Waals surface area contributed by atoms with Crippen molar-refractivity contribution in [3.05, 3.63) is 97.1 Å². The predicted molar refractivity (Wildman–Crippen MR) is 141 cm³/mol. The van der Waals surface area contributed by atoms with Crippen LogP contribution in [0, 0.1) is 0 Å². The molecule has 0 saturated carbocycles. The summed E-state index contributed by atoms with van der Waals surface area (Å²) < 4.78 is 4.82. The lowest BCUT2D eigenvalue weighted by Crippen LogP contribution is -2.29. The summed E-state index contributed by atoms with van der Waals surface area (Å²) in [7, 11) is -1.51. The number of nitrogens with zero attached hydrogens (tertiary/aromatic N) is 1. The lowest BCUT2D eigenvalue weighted by Gasteiger charge is -2.08. The fraction of sp³-hybridized carbons (Fsp3) is 0. The van der Waals surface area contributed by atoms with E-state index in [-0.39, 0.29) is 0 Å². The average Bonchev–Trinajstić information content (AvgIpc) is 3.38. The molecule has 0 fully saturated rings. The van der Waals surface area contributed by atoms with Crippen molar-refractivity contribution < 1.29 is 10.0 Å². The van der Waals surface area contributed by atoms with Gasteiger partial charge < -0.3 is 14.6 Å². The molecule has 2 heterocycles. The van der Waals surface area contributed by atoms with Gasteiger partial charge in [0.05, 0.1) is 11.0 Å². The van der Waals surface area contributed by atoms with Gasteiger partial charge in [-0.2, -0.15) is 0 Å². The Labute approximate surface area is 193 Å². The van der Waals surface area contributed by atoms with E-state index >= 15 is 0 Å². The lowest BCUT2D eigenvalue weighted by atomic mass is 9.79. The minimum atomic E-state index is -1.51. The molecule has 7 aromatic rings. The number of hydrogen-bond donors (Lipinski definition) is 2. The molecule has 0 spiro atoms. The second kappa shape index (κ2) is 6.93. The number of para-hydroxylation sites is 1. The average molecular weight is 443 g/mol. The third-order valence-corrected chi connectivity index (χ3v) is 7.71. The summed E-state index contributed by atoms with van der Waals surface area (Å²) in [4.78, 5) is 0. The molecule has 3 nitrogen and oxygen atoms in total. The molecule has 0 saturated heterocycles. The predicted octanol–water partition coefficient (Wildman–Crippen LogP) is 5.98. The molecule has 0 aliphatic carbocycles. The lowest BCUT2D eigenvalue weighted by molar-refractivity contribution is 0.426. The molecule has 5 aromatic carbocycles. The fourth-order valence-electron chi connectivity index (χ4n) is 5.10. The minimum absolute atomic E-state index is 0.494. The van der Waals surface area contributed by atoms with E-state index in [0.29, 0.717) is 5.46 Å². The van der Waals surface area contributed by atoms with Crippen LogP contribution in [0.3, 0.4) is 0 Å². The van der Waals surface area contributed by atoms with Crippen LogP contribution in [0.4, 0.5) is 0 Å². The second-order valence-corrected chi connectivity index (χ2v) is 9.53. The molecular weight excluding hydrogens is 425 g/mol. The van der Waals surface area contributed by atoms with Crippen molar-refractivity contribution in [2.24, 2.45) is 0 Å². The van der Waals surface area contributed by atoms with Gasteiger partial charge in [0, 0.05) is 36.6 Å². The van der Waals surface area contributed by atoms with Crippen LogP contribution in [0.2, 0.25) is 0 Å². The summed E-state index contributed by atoms with van der Waals surface area (Å²) in [6, 6.07) is 33.5. The van der Waals surface area contributed by atoms with Crippen molar-refractivity contribution in [2.75, 3.05) is 0 Å². The van der Waals surface area contributed by atoms with Crippen LogP contribution >= 0.6 is 11.3 Å². The van der Waals surface area contributed by atoms with Gasteiger partial charge in [-0.1, -0.05) is 54.6 Å². The van der Waals surface area contributed by atoms with E-state index in [1.54, 1.807) is 6.07 Å². The van der Waals surface area contributed by atoms with Gasteiger partial charge in [0.25, 0.3) is 0 Å². The molecule has 0 aliphatic rings. The first-order valence-electron chi connectivity index (χ1n) is 10.9. The molecule has 0 aliphatic heterocycles. The number of benzene rings is 5. The Morgan fingerprint density at radius 2 is 1.39 bits per heavy atom. The van der Waals surface area contributed by atoms with Gasteiger partial charge in [0.15, 0.2) is 0 Å². The van der Waals surface area contributed by atoms with E-state index in [0.717, 1.165) is 27.5 Å². The topological polar surface area (TPSA) is 45.4 Å². The molecule has 0 unspecified atom stereocenters. The molecule has 0 atom stereocenters. The van der Waals surface area contributed by atoms with Crippen LogP contribution in [-0.4, -0.2) is 21.7 Å². The Bertz CT molecular complexity index is 1850. The normalized spacial score (nSPS) is 11.9. The second-order valence-electron chi connectivity index (χ2n) is 8.45. The number of rotatable bonds is 2.